The molecule has 3 aromatic rings. The molecular formula is C24H26N4O5S. The van der Waals surface area contributed by atoms with Crippen molar-refractivity contribution in [3.05, 3.63) is 64.2 Å². The standard InChI is InChI=1S/C24H26N4O5S/c1-3-28-13-17(22(29)16-10-20-21(11-19(16)28)33-14-32-20)23(30)27-18(7-9-34-2)24(31)26-12-15-6-4-5-8-25-15/h4-6,8,10-11,13,18H,3,7,9,12,14H2,1-2H3,(H,26,31)(H,27,30). The number of carbonyl (C=O) groups excluding carboxylic acids is 2. The molecule has 0 spiro atoms. The summed E-state index contributed by atoms with van der Waals surface area (Å²) in [6.07, 6.45) is 5.53. The van der Waals surface area contributed by atoms with Crippen molar-refractivity contribution in [1.82, 2.24) is 20.2 Å². The van der Waals surface area contributed by atoms with Crippen molar-refractivity contribution in [2.45, 2.75) is 32.5 Å². The van der Waals surface area contributed by atoms with E-state index >= 15 is 0 Å². The summed E-state index contributed by atoms with van der Waals surface area (Å²) in [6, 6.07) is 8.01. The van der Waals surface area contributed by atoms with Crippen LogP contribution in [0.4, 0.5) is 0 Å². The second-order valence-corrected chi connectivity index (χ2v) is 8.71. The summed E-state index contributed by atoms with van der Waals surface area (Å²) in [5.74, 6) is 0.783. The Labute approximate surface area is 200 Å². The molecule has 2 aromatic heterocycles. The molecule has 0 aliphatic carbocycles. The maximum Gasteiger partial charge on any atom is 0.257 e. The number of aromatic nitrogens is 2. The van der Waals surface area contributed by atoms with Crippen LogP contribution < -0.4 is 25.5 Å². The predicted octanol–water partition coefficient (Wildman–Crippen LogP) is 2.31. The van der Waals surface area contributed by atoms with Crippen molar-refractivity contribution in [2.24, 2.45) is 0 Å². The summed E-state index contributed by atoms with van der Waals surface area (Å²) in [5.41, 5.74) is 0.915. The Bertz CT molecular complexity index is 1260. The van der Waals surface area contributed by atoms with E-state index in [4.69, 9.17) is 9.47 Å². The Kier molecular flexibility index (Phi) is 7.36. The first kappa shape index (κ1) is 23.6. The van der Waals surface area contributed by atoms with Gasteiger partial charge in [0.1, 0.15) is 11.6 Å². The van der Waals surface area contributed by atoms with Gasteiger partial charge in [0.15, 0.2) is 11.5 Å². The molecule has 0 radical (unpaired) electrons. The van der Waals surface area contributed by atoms with Crippen LogP contribution >= 0.6 is 11.8 Å². The lowest BCUT2D eigenvalue weighted by molar-refractivity contribution is -0.123. The van der Waals surface area contributed by atoms with Crippen LogP contribution in [-0.4, -0.2) is 46.2 Å². The normalized spacial score (nSPS) is 13.0. The molecule has 34 heavy (non-hydrogen) atoms. The first-order valence-electron chi connectivity index (χ1n) is 11.0. The third-order valence-electron chi connectivity index (χ3n) is 5.56. The molecule has 9 nitrogen and oxygen atoms in total. The number of hydrogen-bond acceptors (Lipinski definition) is 7. The average Bonchev–Trinajstić information content (AvgIpc) is 3.32. The second-order valence-electron chi connectivity index (χ2n) is 7.73. The number of carbonyl (C=O) groups is 2. The summed E-state index contributed by atoms with van der Waals surface area (Å²) in [7, 11) is 0. The number of fused-ring (bicyclic) bond motifs is 2. The molecule has 0 bridgehead atoms. The molecule has 1 unspecified atom stereocenters. The maximum atomic E-state index is 13.2. The number of benzene rings is 1. The van der Waals surface area contributed by atoms with Crippen LogP contribution in [0.15, 0.2) is 47.5 Å². The van der Waals surface area contributed by atoms with E-state index in [1.165, 1.54) is 6.20 Å². The van der Waals surface area contributed by atoms with Gasteiger partial charge in [-0.1, -0.05) is 6.07 Å². The van der Waals surface area contributed by atoms with Crippen molar-refractivity contribution in [2.75, 3.05) is 18.8 Å². The van der Waals surface area contributed by atoms with Gasteiger partial charge in [-0.25, -0.2) is 0 Å². The van der Waals surface area contributed by atoms with Crippen molar-refractivity contribution in [3.63, 3.8) is 0 Å². The number of ether oxygens (including phenoxy) is 2. The van der Waals surface area contributed by atoms with Crippen LogP contribution in [0.1, 0.15) is 29.4 Å². The number of thioether (sulfide) groups is 1. The van der Waals surface area contributed by atoms with Crippen LogP contribution in [0.3, 0.4) is 0 Å². The fourth-order valence-electron chi connectivity index (χ4n) is 3.75. The minimum atomic E-state index is -0.786. The zero-order chi connectivity index (χ0) is 24.1. The highest BCUT2D eigenvalue weighted by Crippen LogP contribution is 2.35. The largest absolute Gasteiger partial charge is 0.454 e. The summed E-state index contributed by atoms with van der Waals surface area (Å²) in [5, 5.41) is 5.94. The SMILES string of the molecule is CCn1cc(C(=O)NC(CCSC)C(=O)NCc2ccccn2)c(=O)c2cc3c(cc21)OCO3. The van der Waals surface area contributed by atoms with Gasteiger partial charge < -0.3 is 24.7 Å². The Balaban J connectivity index is 1.58. The highest BCUT2D eigenvalue weighted by molar-refractivity contribution is 7.98. The van der Waals surface area contributed by atoms with Gasteiger partial charge in [0.25, 0.3) is 5.91 Å². The van der Waals surface area contributed by atoms with Gasteiger partial charge >= 0.3 is 0 Å². The third-order valence-corrected chi connectivity index (χ3v) is 6.21. The molecule has 0 saturated heterocycles. The smallest absolute Gasteiger partial charge is 0.257 e. The van der Waals surface area contributed by atoms with Crippen LogP contribution in [0.25, 0.3) is 10.9 Å². The van der Waals surface area contributed by atoms with E-state index in [1.54, 1.807) is 36.2 Å². The van der Waals surface area contributed by atoms with Crippen LogP contribution in [-0.2, 0) is 17.9 Å². The van der Waals surface area contributed by atoms with Crippen LogP contribution in [0, 0.1) is 0 Å². The number of pyridine rings is 2. The number of hydrogen-bond donors (Lipinski definition) is 2. The fourth-order valence-corrected chi connectivity index (χ4v) is 4.22. The van der Waals surface area contributed by atoms with E-state index < -0.39 is 17.4 Å². The highest BCUT2D eigenvalue weighted by Gasteiger charge is 2.25. The van der Waals surface area contributed by atoms with Gasteiger partial charge in [-0.2, -0.15) is 11.8 Å². The van der Waals surface area contributed by atoms with Gasteiger partial charge in [0.2, 0.25) is 18.1 Å². The Morgan fingerprint density at radius 2 is 2.03 bits per heavy atom. The molecule has 2 amide bonds. The summed E-state index contributed by atoms with van der Waals surface area (Å²) in [4.78, 5) is 43.5. The molecular weight excluding hydrogens is 456 g/mol. The van der Waals surface area contributed by atoms with E-state index in [-0.39, 0.29) is 24.8 Å². The number of nitrogens with zero attached hydrogens (tertiary/aromatic N) is 2. The molecule has 1 aromatic carbocycles. The zero-order valence-electron chi connectivity index (χ0n) is 19.0. The van der Waals surface area contributed by atoms with Gasteiger partial charge in [-0.05, 0) is 43.6 Å². The van der Waals surface area contributed by atoms with Gasteiger partial charge in [-0.3, -0.25) is 19.4 Å². The summed E-state index contributed by atoms with van der Waals surface area (Å²) in [6.45, 7) is 2.79. The summed E-state index contributed by atoms with van der Waals surface area (Å²) >= 11 is 1.57. The van der Waals surface area contributed by atoms with E-state index in [2.05, 4.69) is 15.6 Å². The van der Waals surface area contributed by atoms with E-state index in [9.17, 15) is 14.4 Å². The van der Waals surface area contributed by atoms with E-state index in [1.807, 2.05) is 29.9 Å². The molecule has 1 atom stereocenters. The highest BCUT2D eigenvalue weighted by atomic mass is 32.2. The molecule has 2 N–H and O–H groups in total. The van der Waals surface area contributed by atoms with Crippen molar-refractivity contribution in [1.29, 1.82) is 0 Å². The summed E-state index contributed by atoms with van der Waals surface area (Å²) < 4.78 is 12.6. The quantitative estimate of drug-likeness (QED) is 0.481. The van der Waals surface area contributed by atoms with Crippen LogP contribution in [0.5, 0.6) is 11.5 Å². The minimum absolute atomic E-state index is 0.0279. The molecule has 1 aliphatic heterocycles. The van der Waals surface area contributed by atoms with Gasteiger partial charge in [-0.15, -0.1) is 0 Å². The predicted molar refractivity (Wildman–Crippen MR) is 130 cm³/mol. The lowest BCUT2D eigenvalue weighted by Gasteiger charge is -2.19. The lowest BCUT2D eigenvalue weighted by atomic mass is 10.1. The molecule has 3 heterocycles. The Morgan fingerprint density at radius 1 is 1.24 bits per heavy atom. The van der Waals surface area contributed by atoms with Gasteiger partial charge in [0, 0.05) is 25.0 Å². The average molecular weight is 483 g/mol. The van der Waals surface area contributed by atoms with Gasteiger partial charge in [0.05, 0.1) is 23.1 Å². The number of amides is 2. The van der Waals surface area contributed by atoms with Crippen molar-refractivity contribution < 1.29 is 19.1 Å². The first-order valence-corrected chi connectivity index (χ1v) is 12.4. The molecule has 4 rings (SSSR count). The fraction of sp³-hybridized carbons (Fsp3) is 0.333. The van der Waals surface area contributed by atoms with Crippen molar-refractivity contribution in [3.8, 4) is 11.5 Å². The topological polar surface area (TPSA) is 112 Å². The lowest BCUT2D eigenvalue weighted by Crippen LogP contribution is -2.47. The monoisotopic (exact) mass is 482 g/mol. The minimum Gasteiger partial charge on any atom is -0.454 e. The third kappa shape index (κ3) is 5.01. The Morgan fingerprint density at radius 3 is 2.74 bits per heavy atom. The molecule has 0 saturated carbocycles. The first-order chi connectivity index (χ1) is 16.5. The molecule has 1 aliphatic rings. The second kappa shape index (κ2) is 10.6. The number of nitrogens with one attached hydrogen (secondary N) is 2. The van der Waals surface area contributed by atoms with E-state index in [0.29, 0.717) is 46.8 Å². The maximum absolute atomic E-state index is 13.2. The zero-order valence-corrected chi connectivity index (χ0v) is 19.8. The Hall–Kier alpha value is -3.53. The molecule has 0 fully saturated rings. The molecule has 178 valence electrons. The molecule has 10 heteroatoms. The number of rotatable bonds is 9. The van der Waals surface area contributed by atoms with Crippen molar-refractivity contribution >= 4 is 34.5 Å². The number of aryl methyl sites for hydroxylation is 1. The van der Waals surface area contributed by atoms with Crippen LogP contribution in [0.2, 0.25) is 0 Å². The van der Waals surface area contributed by atoms with E-state index in [0.717, 1.165) is 0 Å².